The molecule has 1 aromatic rings. The van der Waals surface area contributed by atoms with E-state index in [0.717, 1.165) is 18.6 Å². The van der Waals surface area contributed by atoms with Crippen molar-refractivity contribution in [2.24, 2.45) is 0 Å². The first-order valence-corrected chi connectivity index (χ1v) is 7.45. The smallest absolute Gasteiger partial charge is 0.0253 e. The molecule has 2 heteroatoms. The minimum atomic E-state index is 0.741. The number of nitrogens with zero attached hydrogens (tertiary/aromatic N) is 1. The summed E-state index contributed by atoms with van der Waals surface area (Å²) in [6, 6.07) is 12.4. The van der Waals surface area contributed by atoms with Crippen LogP contribution in [0.2, 0.25) is 0 Å². The summed E-state index contributed by atoms with van der Waals surface area (Å²) in [4.78, 5) is 2.72. The predicted octanol–water partition coefficient (Wildman–Crippen LogP) is 2.79. The van der Waals surface area contributed by atoms with E-state index < -0.39 is 0 Å². The second-order valence-corrected chi connectivity index (χ2v) is 5.72. The predicted molar refractivity (Wildman–Crippen MR) is 75.5 cm³/mol. The van der Waals surface area contributed by atoms with Crippen LogP contribution in [0.4, 0.5) is 0 Å². The third-order valence-corrected chi connectivity index (χ3v) is 4.46. The first-order chi connectivity index (χ1) is 8.93. The lowest BCUT2D eigenvalue weighted by Crippen LogP contribution is -2.52. The molecular weight excluding hydrogens is 220 g/mol. The Morgan fingerprint density at radius 3 is 2.83 bits per heavy atom. The van der Waals surface area contributed by atoms with Crippen LogP contribution in [0.1, 0.15) is 37.7 Å². The Kier molecular flexibility index (Phi) is 3.96. The first kappa shape index (κ1) is 12.2. The van der Waals surface area contributed by atoms with Gasteiger partial charge in [-0.25, -0.2) is 0 Å². The van der Waals surface area contributed by atoms with E-state index in [1.54, 1.807) is 0 Å². The highest BCUT2D eigenvalue weighted by molar-refractivity contribution is 5.15. The quantitative estimate of drug-likeness (QED) is 0.860. The van der Waals surface area contributed by atoms with Crippen molar-refractivity contribution < 1.29 is 0 Å². The second-order valence-electron chi connectivity index (χ2n) is 5.72. The molecule has 2 unspecified atom stereocenters. The zero-order valence-electron chi connectivity index (χ0n) is 11.1. The van der Waals surface area contributed by atoms with Crippen molar-refractivity contribution in [2.75, 3.05) is 13.1 Å². The third-order valence-electron chi connectivity index (χ3n) is 4.46. The molecule has 1 aromatic carbocycles. The van der Waals surface area contributed by atoms with Crippen molar-refractivity contribution in [3.8, 4) is 0 Å². The highest BCUT2D eigenvalue weighted by Crippen LogP contribution is 2.25. The molecule has 0 aromatic heterocycles. The lowest BCUT2D eigenvalue weighted by molar-refractivity contribution is 0.132. The molecule has 0 radical (unpaired) electrons. The minimum Gasteiger partial charge on any atom is -0.312 e. The van der Waals surface area contributed by atoms with Gasteiger partial charge in [0, 0.05) is 18.6 Å². The summed E-state index contributed by atoms with van der Waals surface area (Å²) in [6.07, 6.45) is 6.84. The van der Waals surface area contributed by atoms with Crippen LogP contribution in [0.25, 0.3) is 0 Å². The molecule has 0 amide bonds. The summed E-state index contributed by atoms with van der Waals surface area (Å²) in [5, 5.41) is 3.74. The zero-order chi connectivity index (χ0) is 12.2. The standard InChI is InChI=1S/C16H24N2/c1-2-7-14(8-3-1)13-18-12-5-4-9-15-16(18)10-6-11-17-15/h1-3,7-8,15-17H,4-6,9-13H2. The Labute approximate surface area is 110 Å². The van der Waals surface area contributed by atoms with Crippen molar-refractivity contribution in [3.05, 3.63) is 35.9 Å². The molecule has 2 saturated heterocycles. The van der Waals surface area contributed by atoms with Crippen LogP contribution in [0.3, 0.4) is 0 Å². The van der Waals surface area contributed by atoms with Gasteiger partial charge in [-0.1, -0.05) is 36.8 Å². The van der Waals surface area contributed by atoms with Crippen molar-refractivity contribution in [2.45, 2.75) is 50.7 Å². The van der Waals surface area contributed by atoms with Crippen molar-refractivity contribution >= 4 is 0 Å². The van der Waals surface area contributed by atoms with Gasteiger partial charge in [0.05, 0.1) is 0 Å². The molecule has 2 nitrogen and oxygen atoms in total. The van der Waals surface area contributed by atoms with Crippen molar-refractivity contribution in [3.63, 3.8) is 0 Å². The van der Waals surface area contributed by atoms with E-state index in [1.165, 1.54) is 50.8 Å². The molecule has 98 valence electrons. The number of piperidine rings is 1. The van der Waals surface area contributed by atoms with Crippen LogP contribution in [-0.2, 0) is 6.54 Å². The van der Waals surface area contributed by atoms with Gasteiger partial charge >= 0.3 is 0 Å². The van der Waals surface area contributed by atoms with Gasteiger partial charge in [0.2, 0.25) is 0 Å². The van der Waals surface area contributed by atoms with Crippen molar-refractivity contribution in [1.82, 2.24) is 10.2 Å². The fraction of sp³-hybridized carbons (Fsp3) is 0.625. The molecule has 18 heavy (non-hydrogen) atoms. The maximum atomic E-state index is 3.74. The average molecular weight is 244 g/mol. The fourth-order valence-corrected chi connectivity index (χ4v) is 3.53. The Morgan fingerprint density at radius 2 is 1.94 bits per heavy atom. The van der Waals surface area contributed by atoms with Gasteiger partial charge in [-0.05, 0) is 44.3 Å². The summed E-state index contributed by atoms with van der Waals surface area (Å²) in [5.74, 6) is 0. The highest BCUT2D eigenvalue weighted by atomic mass is 15.2. The average Bonchev–Trinajstić information content (AvgIpc) is 2.63. The van der Waals surface area contributed by atoms with Crippen LogP contribution in [0.5, 0.6) is 0 Å². The molecule has 2 heterocycles. The normalized spacial score (nSPS) is 29.6. The monoisotopic (exact) mass is 244 g/mol. The molecule has 0 bridgehead atoms. The Hall–Kier alpha value is -0.860. The molecule has 0 spiro atoms. The van der Waals surface area contributed by atoms with E-state index in [2.05, 4.69) is 40.5 Å². The molecular formula is C16H24N2. The Morgan fingerprint density at radius 1 is 1.06 bits per heavy atom. The Bertz CT molecular complexity index is 363. The van der Waals surface area contributed by atoms with Crippen LogP contribution in [0, 0.1) is 0 Å². The van der Waals surface area contributed by atoms with Crippen LogP contribution < -0.4 is 5.32 Å². The van der Waals surface area contributed by atoms with E-state index >= 15 is 0 Å². The molecule has 1 N–H and O–H groups in total. The SMILES string of the molecule is c1ccc(CN2CCCCC3NCCCC32)cc1. The van der Waals surface area contributed by atoms with E-state index in [1.807, 2.05) is 0 Å². The van der Waals surface area contributed by atoms with Crippen LogP contribution >= 0.6 is 0 Å². The molecule has 2 aliphatic heterocycles. The van der Waals surface area contributed by atoms with Gasteiger partial charge in [-0.3, -0.25) is 4.90 Å². The number of hydrogen-bond donors (Lipinski definition) is 1. The van der Waals surface area contributed by atoms with Crippen molar-refractivity contribution in [1.29, 1.82) is 0 Å². The number of rotatable bonds is 2. The van der Waals surface area contributed by atoms with Gasteiger partial charge in [0.15, 0.2) is 0 Å². The zero-order valence-corrected chi connectivity index (χ0v) is 11.1. The topological polar surface area (TPSA) is 15.3 Å². The number of hydrogen-bond acceptors (Lipinski definition) is 2. The summed E-state index contributed by atoms with van der Waals surface area (Å²) in [7, 11) is 0. The third kappa shape index (κ3) is 2.76. The molecule has 2 atom stereocenters. The van der Waals surface area contributed by atoms with E-state index in [-0.39, 0.29) is 0 Å². The lowest BCUT2D eigenvalue weighted by Gasteiger charge is -2.39. The summed E-state index contributed by atoms with van der Waals surface area (Å²) in [5.41, 5.74) is 1.46. The number of benzene rings is 1. The van der Waals surface area contributed by atoms with Crippen LogP contribution in [-0.4, -0.2) is 30.1 Å². The van der Waals surface area contributed by atoms with Gasteiger partial charge in [0.25, 0.3) is 0 Å². The summed E-state index contributed by atoms with van der Waals surface area (Å²) >= 11 is 0. The van der Waals surface area contributed by atoms with E-state index in [0.29, 0.717) is 0 Å². The van der Waals surface area contributed by atoms with Gasteiger partial charge in [-0.15, -0.1) is 0 Å². The number of fused-ring (bicyclic) bond motifs is 1. The maximum Gasteiger partial charge on any atom is 0.0253 e. The molecule has 3 rings (SSSR count). The van der Waals surface area contributed by atoms with E-state index in [4.69, 9.17) is 0 Å². The van der Waals surface area contributed by atoms with Gasteiger partial charge < -0.3 is 5.32 Å². The largest absolute Gasteiger partial charge is 0.312 e. The lowest BCUT2D eigenvalue weighted by atomic mass is 9.94. The van der Waals surface area contributed by atoms with E-state index in [9.17, 15) is 0 Å². The first-order valence-electron chi connectivity index (χ1n) is 7.45. The summed E-state index contributed by atoms with van der Waals surface area (Å²) < 4.78 is 0. The molecule has 0 saturated carbocycles. The summed E-state index contributed by atoms with van der Waals surface area (Å²) in [6.45, 7) is 3.63. The van der Waals surface area contributed by atoms with Gasteiger partial charge in [0.1, 0.15) is 0 Å². The molecule has 0 aliphatic carbocycles. The number of likely N-dealkylation sites (tertiary alicyclic amines) is 1. The maximum absolute atomic E-state index is 3.74. The number of nitrogens with one attached hydrogen (secondary N) is 1. The highest BCUT2D eigenvalue weighted by Gasteiger charge is 2.31. The minimum absolute atomic E-state index is 0.741. The second kappa shape index (κ2) is 5.85. The molecule has 2 fully saturated rings. The Balaban J connectivity index is 1.72. The fourth-order valence-electron chi connectivity index (χ4n) is 3.53. The van der Waals surface area contributed by atoms with Crippen LogP contribution in [0.15, 0.2) is 30.3 Å². The molecule has 2 aliphatic rings. The van der Waals surface area contributed by atoms with Gasteiger partial charge in [-0.2, -0.15) is 0 Å².